The number of esters is 2. The Morgan fingerprint density at radius 3 is 2.36 bits per heavy atom. The Labute approximate surface area is 146 Å². The van der Waals surface area contributed by atoms with Gasteiger partial charge in [0.1, 0.15) is 5.57 Å². The fourth-order valence-electron chi connectivity index (χ4n) is 3.18. The third-order valence-electron chi connectivity index (χ3n) is 4.41. The number of ether oxygens (including phenoxy) is 4. The third kappa shape index (κ3) is 3.62. The predicted octanol–water partition coefficient (Wildman–Crippen LogP) is 3.24. The van der Waals surface area contributed by atoms with Gasteiger partial charge in [0, 0.05) is 12.8 Å². The minimum atomic E-state index is -1.07. The lowest BCUT2D eigenvalue weighted by molar-refractivity contribution is -0.244. The van der Waals surface area contributed by atoms with Crippen LogP contribution in [0, 0.1) is 0 Å². The first-order valence-electron chi connectivity index (χ1n) is 8.56. The standard InChI is InChI=1S/C19H22O6/c1-3-23-15-8-7-13(12-16(15)22-2)11-14-17(20)24-19(25-18(14)21)9-5-4-6-10-19/h7-8,11-12H,3-6,9-10H2,1-2H3. The highest BCUT2D eigenvalue weighted by Gasteiger charge is 2.46. The summed E-state index contributed by atoms with van der Waals surface area (Å²) in [5.74, 6) is -1.21. The maximum absolute atomic E-state index is 12.4. The highest BCUT2D eigenvalue weighted by molar-refractivity contribution is 6.18. The molecule has 3 rings (SSSR count). The first-order valence-corrected chi connectivity index (χ1v) is 8.56. The number of methoxy groups -OCH3 is 1. The molecule has 0 radical (unpaired) electrons. The van der Waals surface area contributed by atoms with Crippen molar-refractivity contribution >= 4 is 18.0 Å². The molecule has 0 N–H and O–H groups in total. The summed E-state index contributed by atoms with van der Waals surface area (Å²) in [4.78, 5) is 24.7. The van der Waals surface area contributed by atoms with Gasteiger partial charge in [0.25, 0.3) is 5.79 Å². The molecule has 0 amide bonds. The van der Waals surface area contributed by atoms with Crippen molar-refractivity contribution in [2.45, 2.75) is 44.8 Å². The van der Waals surface area contributed by atoms with Crippen molar-refractivity contribution in [3.05, 3.63) is 29.3 Å². The smallest absolute Gasteiger partial charge is 0.348 e. The van der Waals surface area contributed by atoms with Gasteiger partial charge in [0.2, 0.25) is 0 Å². The second-order valence-electron chi connectivity index (χ2n) is 6.15. The van der Waals surface area contributed by atoms with E-state index in [1.165, 1.54) is 13.2 Å². The molecule has 6 heteroatoms. The van der Waals surface area contributed by atoms with E-state index in [4.69, 9.17) is 18.9 Å². The molecule has 6 nitrogen and oxygen atoms in total. The molecule has 1 aromatic carbocycles. The lowest BCUT2D eigenvalue weighted by Crippen LogP contribution is -2.47. The van der Waals surface area contributed by atoms with Crippen LogP contribution in [0.3, 0.4) is 0 Å². The zero-order valence-electron chi connectivity index (χ0n) is 14.5. The average molecular weight is 346 g/mol. The van der Waals surface area contributed by atoms with Crippen molar-refractivity contribution in [1.29, 1.82) is 0 Å². The van der Waals surface area contributed by atoms with Crippen molar-refractivity contribution in [2.24, 2.45) is 0 Å². The molecule has 0 aromatic heterocycles. The van der Waals surface area contributed by atoms with Gasteiger partial charge >= 0.3 is 11.9 Å². The Kier molecular flexibility index (Phi) is 4.97. The fraction of sp³-hybridized carbons (Fsp3) is 0.474. The normalized spacial score (nSPS) is 19.2. The van der Waals surface area contributed by atoms with Crippen LogP contribution in [0.5, 0.6) is 11.5 Å². The molecule has 1 aromatic rings. The molecule has 0 atom stereocenters. The van der Waals surface area contributed by atoms with Crippen LogP contribution in [-0.4, -0.2) is 31.4 Å². The molecule has 0 bridgehead atoms. The second-order valence-corrected chi connectivity index (χ2v) is 6.15. The van der Waals surface area contributed by atoms with E-state index in [1.54, 1.807) is 18.2 Å². The highest BCUT2D eigenvalue weighted by Crippen LogP contribution is 2.37. The molecule has 134 valence electrons. The Bertz CT molecular complexity index is 678. The summed E-state index contributed by atoms with van der Waals surface area (Å²) >= 11 is 0. The van der Waals surface area contributed by atoms with E-state index in [0.717, 1.165) is 19.3 Å². The summed E-state index contributed by atoms with van der Waals surface area (Å²) in [6, 6.07) is 5.17. The highest BCUT2D eigenvalue weighted by atomic mass is 16.7. The van der Waals surface area contributed by atoms with Gasteiger partial charge in [-0.15, -0.1) is 0 Å². The summed E-state index contributed by atoms with van der Waals surface area (Å²) in [7, 11) is 1.53. The van der Waals surface area contributed by atoms with E-state index in [0.29, 0.717) is 36.5 Å². The summed E-state index contributed by atoms with van der Waals surface area (Å²) in [5, 5.41) is 0. The molecule has 0 unspecified atom stereocenters. The molecular formula is C19H22O6. The van der Waals surface area contributed by atoms with Crippen LogP contribution in [0.2, 0.25) is 0 Å². The maximum atomic E-state index is 12.4. The maximum Gasteiger partial charge on any atom is 0.348 e. The van der Waals surface area contributed by atoms with Crippen molar-refractivity contribution in [2.75, 3.05) is 13.7 Å². The number of carbonyl (C=O) groups excluding carboxylic acids is 2. The van der Waals surface area contributed by atoms with Gasteiger partial charge in [0.15, 0.2) is 11.5 Å². The quantitative estimate of drug-likeness (QED) is 0.473. The van der Waals surface area contributed by atoms with Gasteiger partial charge in [-0.2, -0.15) is 0 Å². The van der Waals surface area contributed by atoms with Crippen LogP contribution in [0.15, 0.2) is 23.8 Å². The average Bonchev–Trinajstić information content (AvgIpc) is 2.60. The molecule has 1 saturated heterocycles. The minimum absolute atomic E-state index is 0.109. The fourth-order valence-corrected chi connectivity index (χ4v) is 3.18. The first kappa shape index (κ1) is 17.3. The second kappa shape index (κ2) is 7.17. The van der Waals surface area contributed by atoms with Gasteiger partial charge < -0.3 is 18.9 Å². The van der Waals surface area contributed by atoms with E-state index in [1.807, 2.05) is 6.92 Å². The molecule has 1 aliphatic carbocycles. The largest absolute Gasteiger partial charge is 0.493 e. The van der Waals surface area contributed by atoms with E-state index in [-0.39, 0.29) is 5.57 Å². The number of hydrogen-bond acceptors (Lipinski definition) is 6. The topological polar surface area (TPSA) is 71.1 Å². The molecule has 2 fully saturated rings. The summed E-state index contributed by atoms with van der Waals surface area (Å²) < 4.78 is 21.7. The lowest BCUT2D eigenvalue weighted by Gasteiger charge is -2.38. The Balaban J connectivity index is 1.84. The number of hydrogen-bond donors (Lipinski definition) is 0. The SMILES string of the molecule is CCOc1ccc(C=C2C(=O)OC3(CCCCC3)OC2=O)cc1OC. The van der Waals surface area contributed by atoms with Crippen LogP contribution >= 0.6 is 0 Å². The van der Waals surface area contributed by atoms with Gasteiger partial charge in [-0.3, -0.25) is 0 Å². The van der Waals surface area contributed by atoms with Crippen LogP contribution < -0.4 is 9.47 Å². The molecule has 1 heterocycles. The van der Waals surface area contributed by atoms with Crippen molar-refractivity contribution in [3.63, 3.8) is 0 Å². The van der Waals surface area contributed by atoms with E-state index in [2.05, 4.69) is 0 Å². The molecule has 1 aliphatic heterocycles. The van der Waals surface area contributed by atoms with E-state index >= 15 is 0 Å². The number of rotatable bonds is 4. The van der Waals surface area contributed by atoms with Gasteiger partial charge in [-0.1, -0.05) is 12.5 Å². The van der Waals surface area contributed by atoms with Crippen LogP contribution in [0.1, 0.15) is 44.6 Å². The molecule has 2 aliphatic rings. The van der Waals surface area contributed by atoms with Crippen molar-refractivity contribution in [3.8, 4) is 11.5 Å². The third-order valence-corrected chi connectivity index (χ3v) is 4.41. The van der Waals surface area contributed by atoms with Gasteiger partial charge in [0.05, 0.1) is 13.7 Å². The monoisotopic (exact) mass is 346 g/mol. The first-order chi connectivity index (χ1) is 12.1. The lowest BCUT2D eigenvalue weighted by atomic mass is 9.93. The Morgan fingerprint density at radius 2 is 1.76 bits per heavy atom. The number of benzene rings is 1. The number of carbonyl (C=O) groups is 2. The predicted molar refractivity (Wildman–Crippen MR) is 90.1 cm³/mol. The summed E-state index contributed by atoms with van der Waals surface area (Å²) in [6.45, 7) is 2.39. The van der Waals surface area contributed by atoms with Crippen LogP contribution in [-0.2, 0) is 19.1 Å². The summed E-state index contributed by atoms with van der Waals surface area (Å²) in [5.41, 5.74) is 0.520. The molecule has 25 heavy (non-hydrogen) atoms. The van der Waals surface area contributed by atoms with Crippen molar-refractivity contribution < 1.29 is 28.5 Å². The van der Waals surface area contributed by atoms with Gasteiger partial charge in [-0.05, 0) is 43.5 Å². The Hall–Kier alpha value is -2.50. The van der Waals surface area contributed by atoms with E-state index < -0.39 is 17.7 Å². The van der Waals surface area contributed by atoms with Crippen molar-refractivity contribution in [1.82, 2.24) is 0 Å². The summed E-state index contributed by atoms with van der Waals surface area (Å²) in [6.07, 6.45) is 5.42. The van der Waals surface area contributed by atoms with Gasteiger partial charge in [-0.25, -0.2) is 9.59 Å². The van der Waals surface area contributed by atoms with E-state index in [9.17, 15) is 9.59 Å². The zero-order valence-corrected chi connectivity index (χ0v) is 14.5. The molecule has 1 spiro atoms. The Morgan fingerprint density at radius 1 is 1.08 bits per heavy atom. The van der Waals surface area contributed by atoms with Crippen LogP contribution in [0.4, 0.5) is 0 Å². The molecule has 1 saturated carbocycles. The minimum Gasteiger partial charge on any atom is -0.493 e. The molecular weight excluding hydrogens is 324 g/mol. The van der Waals surface area contributed by atoms with Crippen LogP contribution in [0.25, 0.3) is 6.08 Å². The zero-order chi connectivity index (χ0) is 17.9.